The van der Waals surface area contributed by atoms with E-state index in [1.54, 1.807) is 11.3 Å². The third-order valence-corrected chi connectivity index (χ3v) is 6.66. The first-order chi connectivity index (χ1) is 10.2. The summed E-state index contributed by atoms with van der Waals surface area (Å²) in [7, 11) is 0. The minimum Gasteiger partial charge on any atom is -0.360 e. The van der Waals surface area contributed by atoms with Gasteiger partial charge in [0.15, 0.2) is 0 Å². The first-order valence-corrected chi connectivity index (χ1v) is 9.50. The Hall–Kier alpha value is -1.04. The Balaban J connectivity index is 1.81. The third-order valence-electron chi connectivity index (χ3n) is 3.75. The van der Waals surface area contributed by atoms with Crippen LogP contribution in [0.4, 0.5) is 0 Å². The van der Waals surface area contributed by atoms with Crippen molar-refractivity contribution in [2.45, 2.75) is 12.2 Å². The number of hydrogen-bond donors (Lipinski definition) is 1. The van der Waals surface area contributed by atoms with E-state index in [9.17, 15) is 4.79 Å². The molecule has 4 rings (SSSR count). The Kier molecular flexibility index (Phi) is 3.44. The highest BCUT2D eigenvalue weighted by atomic mass is 79.9. The predicted molar refractivity (Wildman–Crippen MR) is 93.6 cm³/mol. The molecule has 0 saturated heterocycles. The third kappa shape index (κ3) is 2.28. The summed E-state index contributed by atoms with van der Waals surface area (Å²) >= 11 is 7.16. The van der Waals surface area contributed by atoms with Gasteiger partial charge < -0.3 is 4.98 Å². The van der Waals surface area contributed by atoms with Crippen LogP contribution in [0.5, 0.6) is 0 Å². The molecular weight excluding hydrogens is 366 g/mol. The van der Waals surface area contributed by atoms with E-state index in [1.807, 2.05) is 36.2 Å². The van der Waals surface area contributed by atoms with Gasteiger partial charge in [-0.05, 0) is 35.9 Å². The van der Waals surface area contributed by atoms with E-state index in [-0.39, 0.29) is 5.78 Å². The topological polar surface area (TPSA) is 32.9 Å². The molecular formula is C16H12BrNOS2. The van der Waals surface area contributed by atoms with Crippen LogP contribution in [0.25, 0.3) is 10.9 Å². The Labute approximate surface area is 139 Å². The zero-order valence-electron chi connectivity index (χ0n) is 11.1. The molecule has 5 heteroatoms. The van der Waals surface area contributed by atoms with E-state index in [0.29, 0.717) is 0 Å². The summed E-state index contributed by atoms with van der Waals surface area (Å²) in [4.78, 5) is 18.3. The second-order valence-corrected chi connectivity index (χ2v) is 8.15. The minimum absolute atomic E-state index is 0.123. The lowest BCUT2D eigenvalue weighted by molar-refractivity contribution is 0.104. The molecule has 106 valence electrons. The van der Waals surface area contributed by atoms with E-state index in [1.165, 1.54) is 16.2 Å². The van der Waals surface area contributed by atoms with Crippen molar-refractivity contribution in [3.63, 3.8) is 0 Å². The SMILES string of the molecule is O=C(c1cc2c(s1)CCSC2)c1c[nH]c2cccc(Br)c12. The summed E-state index contributed by atoms with van der Waals surface area (Å²) < 4.78 is 0.960. The number of nitrogens with one attached hydrogen (secondary N) is 1. The lowest BCUT2D eigenvalue weighted by Crippen LogP contribution is -1.97. The van der Waals surface area contributed by atoms with Gasteiger partial charge in [0, 0.05) is 37.8 Å². The average Bonchev–Trinajstić information content (AvgIpc) is 3.11. The van der Waals surface area contributed by atoms with Gasteiger partial charge in [-0.1, -0.05) is 22.0 Å². The number of carbonyl (C=O) groups excluding carboxylic acids is 1. The van der Waals surface area contributed by atoms with E-state index in [0.717, 1.165) is 38.0 Å². The fourth-order valence-corrected chi connectivity index (χ4v) is 5.62. The Morgan fingerprint density at radius 2 is 2.24 bits per heavy atom. The summed E-state index contributed by atoms with van der Waals surface area (Å²) in [5, 5.41) is 0.975. The second-order valence-electron chi connectivity index (χ2n) is 5.06. The maximum Gasteiger partial charge on any atom is 0.205 e. The summed E-state index contributed by atoms with van der Waals surface area (Å²) in [6, 6.07) is 8.03. The number of thioether (sulfide) groups is 1. The van der Waals surface area contributed by atoms with Crippen molar-refractivity contribution < 1.29 is 4.79 Å². The molecule has 3 aromatic rings. The van der Waals surface area contributed by atoms with Gasteiger partial charge in [0.2, 0.25) is 5.78 Å². The number of aromatic nitrogens is 1. The average molecular weight is 378 g/mol. The molecule has 0 saturated carbocycles. The Morgan fingerprint density at radius 3 is 3.10 bits per heavy atom. The number of hydrogen-bond acceptors (Lipinski definition) is 3. The predicted octanol–water partition coefficient (Wildman–Crippen LogP) is 5.01. The molecule has 0 unspecified atom stereocenters. The lowest BCUT2D eigenvalue weighted by Gasteiger charge is -2.08. The fraction of sp³-hybridized carbons (Fsp3) is 0.188. The molecule has 1 aliphatic heterocycles. The molecule has 1 aliphatic rings. The first-order valence-electron chi connectivity index (χ1n) is 6.73. The summed E-state index contributed by atoms with van der Waals surface area (Å²) in [5.41, 5.74) is 3.09. The van der Waals surface area contributed by atoms with E-state index < -0.39 is 0 Å². The molecule has 0 amide bonds. The molecule has 3 heterocycles. The van der Waals surface area contributed by atoms with Crippen LogP contribution < -0.4 is 0 Å². The first kappa shape index (κ1) is 13.6. The number of halogens is 1. The molecule has 1 N–H and O–H groups in total. The highest BCUT2D eigenvalue weighted by Gasteiger charge is 2.21. The number of H-pyrrole nitrogens is 1. The van der Waals surface area contributed by atoms with Crippen molar-refractivity contribution in [1.82, 2.24) is 4.98 Å². The van der Waals surface area contributed by atoms with Crippen LogP contribution in [0.2, 0.25) is 0 Å². The number of aryl methyl sites for hydroxylation is 1. The summed E-state index contributed by atoms with van der Waals surface area (Å²) in [5.74, 6) is 2.33. The maximum absolute atomic E-state index is 12.9. The second kappa shape index (κ2) is 5.30. The highest BCUT2D eigenvalue weighted by molar-refractivity contribution is 9.10. The van der Waals surface area contributed by atoms with E-state index in [2.05, 4.69) is 27.0 Å². The van der Waals surface area contributed by atoms with Crippen molar-refractivity contribution in [3.05, 3.63) is 55.8 Å². The van der Waals surface area contributed by atoms with Crippen LogP contribution in [-0.2, 0) is 12.2 Å². The molecule has 0 atom stereocenters. The minimum atomic E-state index is 0.123. The van der Waals surface area contributed by atoms with E-state index >= 15 is 0 Å². The number of carbonyl (C=O) groups is 1. The molecule has 2 aromatic heterocycles. The number of aromatic amines is 1. The molecule has 0 aliphatic carbocycles. The quantitative estimate of drug-likeness (QED) is 0.636. The molecule has 0 bridgehead atoms. The number of rotatable bonds is 2. The molecule has 21 heavy (non-hydrogen) atoms. The molecule has 0 spiro atoms. The smallest absolute Gasteiger partial charge is 0.205 e. The van der Waals surface area contributed by atoms with Crippen molar-refractivity contribution in [2.24, 2.45) is 0 Å². The molecule has 1 aromatic carbocycles. The largest absolute Gasteiger partial charge is 0.360 e. The van der Waals surface area contributed by atoms with Gasteiger partial charge in [0.05, 0.1) is 4.88 Å². The van der Waals surface area contributed by atoms with Crippen molar-refractivity contribution >= 4 is 55.7 Å². The Morgan fingerprint density at radius 1 is 1.33 bits per heavy atom. The van der Waals surface area contributed by atoms with Gasteiger partial charge >= 0.3 is 0 Å². The van der Waals surface area contributed by atoms with Crippen LogP contribution in [0.15, 0.2) is 34.9 Å². The van der Waals surface area contributed by atoms with Crippen molar-refractivity contribution in [3.8, 4) is 0 Å². The van der Waals surface area contributed by atoms with Crippen LogP contribution >= 0.6 is 39.0 Å². The number of benzene rings is 1. The van der Waals surface area contributed by atoms with E-state index in [4.69, 9.17) is 0 Å². The molecule has 2 nitrogen and oxygen atoms in total. The van der Waals surface area contributed by atoms with Crippen molar-refractivity contribution in [2.75, 3.05) is 5.75 Å². The fourth-order valence-electron chi connectivity index (χ4n) is 2.71. The number of fused-ring (bicyclic) bond motifs is 2. The van der Waals surface area contributed by atoms with Crippen LogP contribution in [-0.4, -0.2) is 16.5 Å². The zero-order chi connectivity index (χ0) is 14.4. The molecule has 0 radical (unpaired) electrons. The molecule has 0 fully saturated rings. The van der Waals surface area contributed by atoms with Gasteiger partial charge in [-0.15, -0.1) is 11.3 Å². The van der Waals surface area contributed by atoms with Crippen LogP contribution in [0, 0.1) is 0 Å². The normalized spacial score (nSPS) is 14.3. The van der Waals surface area contributed by atoms with Gasteiger partial charge in [0.25, 0.3) is 0 Å². The summed E-state index contributed by atoms with van der Waals surface area (Å²) in [6.45, 7) is 0. The lowest BCUT2D eigenvalue weighted by atomic mass is 10.1. The maximum atomic E-state index is 12.9. The van der Waals surface area contributed by atoms with Gasteiger partial charge in [-0.25, -0.2) is 0 Å². The Bertz CT molecular complexity index is 826. The standard InChI is InChI=1S/C16H12BrNOS2/c17-11-2-1-3-12-15(11)10(7-18-12)16(19)14-6-9-8-20-5-4-13(9)21-14/h1-3,6-7,18H,4-5,8H2. The van der Waals surface area contributed by atoms with Gasteiger partial charge in [-0.3, -0.25) is 4.79 Å². The highest BCUT2D eigenvalue weighted by Crippen LogP contribution is 2.34. The van der Waals surface area contributed by atoms with Gasteiger partial charge in [0.1, 0.15) is 0 Å². The van der Waals surface area contributed by atoms with Crippen LogP contribution in [0.3, 0.4) is 0 Å². The number of ketones is 1. The van der Waals surface area contributed by atoms with Gasteiger partial charge in [-0.2, -0.15) is 11.8 Å². The van der Waals surface area contributed by atoms with Crippen molar-refractivity contribution in [1.29, 1.82) is 0 Å². The zero-order valence-corrected chi connectivity index (χ0v) is 14.3. The van der Waals surface area contributed by atoms with Crippen LogP contribution in [0.1, 0.15) is 25.7 Å². The summed E-state index contributed by atoms with van der Waals surface area (Å²) in [6.07, 6.45) is 2.92. The number of thiophene rings is 1. The monoisotopic (exact) mass is 377 g/mol.